The first-order valence-corrected chi connectivity index (χ1v) is 15.8. The van der Waals surface area contributed by atoms with Crippen LogP contribution < -0.4 is 0 Å². The lowest BCUT2D eigenvalue weighted by molar-refractivity contribution is -0.477. The van der Waals surface area contributed by atoms with Crippen LogP contribution in [0.5, 0.6) is 0 Å². The van der Waals surface area contributed by atoms with Gasteiger partial charge in [-0.25, -0.2) is 0 Å². The van der Waals surface area contributed by atoms with Crippen molar-refractivity contribution in [2.75, 3.05) is 6.54 Å². The van der Waals surface area contributed by atoms with E-state index in [0.717, 1.165) is 36.1 Å². The van der Waals surface area contributed by atoms with Gasteiger partial charge in [-0.2, -0.15) is 0 Å². The molecule has 6 unspecified atom stereocenters. The first-order chi connectivity index (χ1) is 16.8. The zero-order valence-corrected chi connectivity index (χ0v) is 24.4. The van der Waals surface area contributed by atoms with Crippen LogP contribution in [0.25, 0.3) is 0 Å². The van der Waals surface area contributed by atoms with Gasteiger partial charge in [0.05, 0.1) is 10.3 Å². The van der Waals surface area contributed by atoms with Gasteiger partial charge < -0.3 is 4.90 Å². The van der Waals surface area contributed by atoms with Crippen molar-refractivity contribution in [1.82, 2.24) is 4.90 Å². The van der Waals surface area contributed by atoms with Crippen molar-refractivity contribution in [2.45, 2.75) is 115 Å². The quantitative estimate of drug-likeness (QED) is 0.283. The van der Waals surface area contributed by atoms with Gasteiger partial charge in [0, 0.05) is 37.3 Å². The third-order valence-electron chi connectivity index (χ3n) is 8.76. The van der Waals surface area contributed by atoms with E-state index in [2.05, 4.69) is 97.8 Å². The van der Waals surface area contributed by atoms with E-state index in [4.69, 9.17) is 0 Å². The first-order valence-electron chi connectivity index (χ1n) is 14.1. The Morgan fingerprint density at radius 3 is 2.51 bits per heavy atom. The minimum atomic E-state index is 0.293. The van der Waals surface area contributed by atoms with Crippen molar-refractivity contribution in [3.63, 3.8) is 0 Å². The van der Waals surface area contributed by atoms with Crippen LogP contribution >= 0.6 is 23.5 Å². The third kappa shape index (κ3) is 5.47. The van der Waals surface area contributed by atoms with Gasteiger partial charge in [-0.3, -0.25) is 0 Å². The molecule has 3 aliphatic carbocycles. The standard InChI is InChI=1S/C31H45N2S2/c1-7-13-33-26-12-10-22(4)15-28(26)35-30(33)18-24-16-23(19-31(5,6)20-24)17-29-32(8-2)25-11-9-21(3)14-27(25)34-29/h16-18,21-22,25-28H,8-12,14-15,19-20H2,1-6H3/q+1. The molecule has 3 fully saturated rings. The van der Waals surface area contributed by atoms with Crippen molar-refractivity contribution in [3.8, 4) is 12.0 Å². The molecule has 5 rings (SSSR count). The molecule has 0 aromatic heterocycles. The normalized spacial score (nSPS) is 38.8. The highest BCUT2D eigenvalue weighted by Gasteiger charge is 2.45. The van der Waals surface area contributed by atoms with Crippen LogP contribution in [0.4, 0.5) is 0 Å². The average molecular weight is 510 g/mol. The minimum Gasteiger partial charge on any atom is -0.363 e. The second-order valence-corrected chi connectivity index (χ2v) is 15.1. The molecule has 0 bridgehead atoms. The van der Waals surface area contributed by atoms with Crippen molar-refractivity contribution in [1.29, 1.82) is 0 Å². The van der Waals surface area contributed by atoms with E-state index >= 15 is 0 Å². The molecule has 1 saturated heterocycles. The van der Waals surface area contributed by atoms with Crippen LogP contribution in [-0.4, -0.2) is 43.6 Å². The van der Waals surface area contributed by atoms with Crippen LogP contribution in [-0.2, 0) is 0 Å². The lowest BCUT2D eigenvalue weighted by Crippen LogP contribution is -2.38. The smallest absolute Gasteiger partial charge is 0.250 e. The zero-order chi connectivity index (χ0) is 24.7. The van der Waals surface area contributed by atoms with Crippen LogP contribution in [0.15, 0.2) is 34.4 Å². The van der Waals surface area contributed by atoms with Crippen LogP contribution in [0.3, 0.4) is 0 Å². The number of rotatable bonds is 3. The molecule has 0 N–H and O–H groups in total. The summed E-state index contributed by atoms with van der Waals surface area (Å²) >= 11 is 4.27. The van der Waals surface area contributed by atoms with E-state index < -0.39 is 0 Å². The van der Waals surface area contributed by atoms with E-state index in [-0.39, 0.29) is 0 Å². The van der Waals surface area contributed by atoms with E-state index in [1.807, 2.05) is 6.92 Å². The van der Waals surface area contributed by atoms with Crippen LogP contribution in [0.2, 0.25) is 0 Å². The molecule has 0 aromatic carbocycles. The summed E-state index contributed by atoms with van der Waals surface area (Å²) in [6.45, 7) is 15.2. The van der Waals surface area contributed by atoms with E-state index in [0.29, 0.717) is 16.7 Å². The van der Waals surface area contributed by atoms with Gasteiger partial charge in [-0.05, 0) is 104 Å². The summed E-state index contributed by atoms with van der Waals surface area (Å²) in [6, 6.07) is 4.81. The molecule has 0 radical (unpaired) electrons. The molecule has 0 spiro atoms. The molecule has 35 heavy (non-hydrogen) atoms. The summed E-state index contributed by atoms with van der Waals surface area (Å²) < 4.78 is 2.43. The lowest BCUT2D eigenvalue weighted by atomic mass is 9.75. The van der Waals surface area contributed by atoms with Crippen molar-refractivity contribution < 1.29 is 4.58 Å². The fourth-order valence-electron chi connectivity index (χ4n) is 7.17. The van der Waals surface area contributed by atoms with Crippen LogP contribution in [0.1, 0.15) is 92.9 Å². The Labute approximate surface area is 223 Å². The van der Waals surface area contributed by atoms with Gasteiger partial charge in [-0.15, -0.1) is 16.3 Å². The molecule has 5 aliphatic rings. The number of allylic oxidation sites excluding steroid dienone is 4. The molecule has 190 valence electrons. The molecule has 4 heteroatoms. The molecule has 2 nitrogen and oxygen atoms in total. The number of thioether (sulfide) groups is 2. The molecule has 2 aliphatic heterocycles. The van der Waals surface area contributed by atoms with E-state index in [1.54, 1.807) is 0 Å². The molecule has 2 saturated carbocycles. The van der Waals surface area contributed by atoms with Crippen molar-refractivity contribution in [3.05, 3.63) is 34.4 Å². The Morgan fingerprint density at radius 2 is 1.77 bits per heavy atom. The van der Waals surface area contributed by atoms with Gasteiger partial charge in [0.2, 0.25) is 6.04 Å². The summed E-state index contributed by atoms with van der Waals surface area (Å²) in [5, 5.41) is 4.41. The van der Waals surface area contributed by atoms with Gasteiger partial charge in [0.25, 0.3) is 5.04 Å². The maximum Gasteiger partial charge on any atom is 0.250 e. The molecular weight excluding hydrogens is 464 g/mol. The van der Waals surface area contributed by atoms with Gasteiger partial charge in [0.15, 0.2) is 6.04 Å². The van der Waals surface area contributed by atoms with Crippen LogP contribution in [0, 0.1) is 29.2 Å². The lowest BCUT2D eigenvalue weighted by Gasteiger charge is -2.34. The molecular formula is C31H45N2S2+. The zero-order valence-electron chi connectivity index (χ0n) is 22.8. The Bertz CT molecular complexity index is 1020. The van der Waals surface area contributed by atoms with Gasteiger partial charge >= 0.3 is 0 Å². The second-order valence-electron chi connectivity index (χ2n) is 12.6. The van der Waals surface area contributed by atoms with E-state index in [1.165, 1.54) is 66.2 Å². The fourth-order valence-corrected chi connectivity index (χ4v) is 10.6. The number of fused-ring (bicyclic) bond motifs is 2. The van der Waals surface area contributed by atoms with Crippen molar-refractivity contribution in [2.24, 2.45) is 17.3 Å². The predicted molar refractivity (Wildman–Crippen MR) is 155 cm³/mol. The Kier molecular flexibility index (Phi) is 7.58. The Balaban J connectivity index is 1.45. The monoisotopic (exact) mass is 509 g/mol. The van der Waals surface area contributed by atoms with Gasteiger partial charge in [-0.1, -0.05) is 33.8 Å². The summed E-state index contributed by atoms with van der Waals surface area (Å²) in [7, 11) is 0. The molecule has 6 atom stereocenters. The number of hydrogen-bond acceptors (Lipinski definition) is 3. The summed E-state index contributed by atoms with van der Waals surface area (Å²) in [4.78, 5) is 2.72. The second kappa shape index (κ2) is 10.4. The Morgan fingerprint density at radius 1 is 1.03 bits per heavy atom. The largest absolute Gasteiger partial charge is 0.363 e. The summed E-state index contributed by atoms with van der Waals surface area (Å²) in [5.74, 6) is 4.94. The topological polar surface area (TPSA) is 6.25 Å². The Hall–Kier alpha value is -1.05. The summed E-state index contributed by atoms with van der Waals surface area (Å²) in [5.41, 5.74) is 3.30. The SMILES string of the molecule is CC#C[N+]1=C(/C=C2C=C(/C=C3\SC4CC(C)CCC4N3CC)CC(C)(C)C/2)SC2CC(C)CCC21. The fraction of sp³-hybridized carbons (Fsp3) is 0.710. The third-order valence-corrected chi connectivity index (χ3v) is 11.5. The highest BCUT2D eigenvalue weighted by atomic mass is 32.2. The molecule has 0 aromatic rings. The number of hydrogen-bond donors (Lipinski definition) is 0. The predicted octanol–water partition coefficient (Wildman–Crippen LogP) is 7.82. The van der Waals surface area contributed by atoms with E-state index in [9.17, 15) is 0 Å². The number of nitrogens with zero attached hydrogens (tertiary/aromatic N) is 2. The maximum absolute atomic E-state index is 3.47. The first kappa shape index (κ1) is 25.6. The average Bonchev–Trinajstić information content (AvgIpc) is 3.28. The van der Waals surface area contributed by atoms with Crippen molar-refractivity contribution >= 4 is 28.6 Å². The van der Waals surface area contributed by atoms with Gasteiger partial charge in [0.1, 0.15) is 0 Å². The molecule has 2 heterocycles. The molecule has 0 amide bonds. The minimum absolute atomic E-state index is 0.293. The maximum atomic E-state index is 3.47. The summed E-state index contributed by atoms with van der Waals surface area (Å²) in [6.07, 6.45) is 18.0. The highest BCUT2D eigenvalue weighted by molar-refractivity contribution is 8.14. The highest BCUT2D eigenvalue weighted by Crippen LogP contribution is 2.48.